The fraction of sp³-hybridized carbons (Fsp3) is 0.148. The summed E-state index contributed by atoms with van der Waals surface area (Å²) in [5, 5.41) is 13.4. The second kappa shape index (κ2) is 11.1. The average molecular weight is 536 g/mol. The van der Waals surface area contributed by atoms with Crippen molar-refractivity contribution in [1.29, 1.82) is 0 Å². The molecule has 194 valence electrons. The number of barbiturate groups is 1. The fourth-order valence-corrected chi connectivity index (χ4v) is 3.83. The van der Waals surface area contributed by atoms with E-state index in [1.54, 1.807) is 56.3 Å². The molecule has 0 spiro atoms. The van der Waals surface area contributed by atoms with Crippen LogP contribution < -0.4 is 19.7 Å². The Labute approximate surface area is 222 Å². The van der Waals surface area contributed by atoms with Crippen LogP contribution in [-0.2, 0) is 16.2 Å². The monoisotopic (exact) mass is 535 g/mol. The van der Waals surface area contributed by atoms with Gasteiger partial charge in [-0.1, -0.05) is 23.7 Å². The van der Waals surface area contributed by atoms with Gasteiger partial charge in [-0.2, -0.15) is 0 Å². The van der Waals surface area contributed by atoms with E-state index in [4.69, 9.17) is 21.1 Å². The highest BCUT2D eigenvalue weighted by Crippen LogP contribution is 2.31. The minimum atomic E-state index is -0.873. The van der Waals surface area contributed by atoms with E-state index in [1.807, 2.05) is 0 Å². The molecule has 0 radical (unpaired) electrons. The number of hydrogen-bond donors (Lipinski definition) is 1. The maximum atomic E-state index is 13.2. The van der Waals surface area contributed by atoms with Crippen LogP contribution in [0.2, 0.25) is 5.02 Å². The molecule has 0 atom stereocenters. The Hall–Kier alpha value is -4.70. The van der Waals surface area contributed by atoms with Gasteiger partial charge < -0.3 is 9.47 Å². The van der Waals surface area contributed by atoms with Gasteiger partial charge in [-0.15, -0.1) is 0 Å². The van der Waals surface area contributed by atoms with E-state index in [0.717, 1.165) is 16.0 Å². The van der Waals surface area contributed by atoms with E-state index >= 15 is 0 Å². The van der Waals surface area contributed by atoms with E-state index in [2.05, 4.69) is 5.32 Å². The molecule has 38 heavy (non-hydrogen) atoms. The topological polar surface area (TPSA) is 128 Å². The Kier molecular flexibility index (Phi) is 7.73. The SMILES string of the molecule is CCOc1cc(/C=C2/C(=O)NC(=O)N(c3ccc(C)c(Cl)c3)C2=O)ccc1OCc1ccc([N+](=O)[O-])cc1. The standard InChI is InChI=1S/C27H22ClN3O7/c1-3-37-24-13-18(7-11-23(24)38-15-17-5-9-19(10-6-17)31(35)36)12-21-25(32)29-27(34)30(26(21)33)20-8-4-16(2)22(28)14-20/h4-14H,3,15H2,1-2H3,(H,29,32,34)/b21-12-. The van der Waals surface area contributed by atoms with Gasteiger partial charge in [0.25, 0.3) is 17.5 Å². The first-order valence-electron chi connectivity index (χ1n) is 11.5. The number of amides is 4. The van der Waals surface area contributed by atoms with Crippen LogP contribution in [0.4, 0.5) is 16.2 Å². The number of imide groups is 2. The molecule has 0 unspecified atom stereocenters. The number of non-ortho nitro benzene ring substituents is 1. The van der Waals surface area contributed by atoms with E-state index in [9.17, 15) is 24.5 Å². The van der Waals surface area contributed by atoms with Crippen molar-refractivity contribution in [2.75, 3.05) is 11.5 Å². The van der Waals surface area contributed by atoms with E-state index in [1.165, 1.54) is 24.3 Å². The van der Waals surface area contributed by atoms with Crippen LogP contribution in [0.5, 0.6) is 11.5 Å². The Morgan fingerprint density at radius 1 is 1.00 bits per heavy atom. The van der Waals surface area contributed by atoms with Gasteiger partial charge in [0, 0.05) is 17.2 Å². The number of aryl methyl sites for hydroxylation is 1. The minimum Gasteiger partial charge on any atom is -0.490 e. The van der Waals surface area contributed by atoms with Crippen LogP contribution in [0.1, 0.15) is 23.6 Å². The molecule has 1 N–H and O–H groups in total. The molecule has 1 heterocycles. The van der Waals surface area contributed by atoms with E-state index in [0.29, 0.717) is 28.7 Å². The number of nitrogens with zero attached hydrogens (tertiary/aromatic N) is 2. The van der Waals surface area contributed by atoms with Crippen LogP contribution in [0.25, 0.3) is 6.08 Å². The molecule has 0 bridgehead atoms. The fourth-order valence-electron chi connectivity index (χ4n) is 3.66. The summed E-state index contributed by atoms with van der Waals surface area (Å²) in [6.45, 7) is 4.03. The molecule has 10 nitrogen and oxygen atoms in total. The van der Waals surface area contributed by atoms with Crippen molar-refractivity contribution in [2.45, 2.75) is 20.5 Å². The summed E-state index contributed by atoms with van der Waals surface area (Å²) >= 11 is 6.17. The van der Waals surface area contributed by atoms with Crippen LogP contribution in [-0.4, -0.2) is 29.4 Å². The zero-order valence-electron chi connectivity index (χ0n) is 20.4. The highest BCUT2D eigenvalue weighted by molar-refractivity contribution is 6.39. The summed E-state index contributed by atoms with van der Waals surface area (Å²) in [5.41, 5.74) is 1.91. The summed E-state index contributed by atoms with van der Waals surface area (Å²) in [6, 6.07) is 14.7. The molecular weight excluding hydrogens is 514 g/mol. The average Bonchev–Trinajstić information content (AvgIpc) is 2.88. The zero-order valence-corrected chi connectivity index (χ0v) is 21.2. The summed E-state index contributed by atoms with van der Waals surface area (Å²) < 4.78 is 11.5. The van der Waals surface area contributed by atoms with Gasteiger partial charge in [0.15, 0.2) is 11.5 Å². The number of hydrogen-bond acceptors (Lipinski definition) is 7. The van der Waals surface area contributed by atoms with Crippen molar-refractivity contribution in [1.82, 2.24) is 5.32 Å². The maximum absolute atomic E-state index is 13.2. The molecule has 4 amide bonds. The van der Waals surface area contributed by atoms with Gasteiger partial charge >= 0.3 is 6.03 Å². The predicted molar refractivity (Wildman–Crippen MR) is 140 cm³/mol. The number of urea groups is 1. The highest BCUT2D eigenvalue weighted by atomic mass is 35.5. The Morgan fingerprint density at radius 3 is 2.39 bits per heavy atom. The second-order valence-corrected chi connectivity index (χ2v) is 8.65. The molecule has 1 aliphatic heterocycles. The highest BCUT2D eigenvalue weighted by Gasteiger charge is 2.37. The molecule has 1 fully saturated rings. The molecular formula is C27H22ClN3O7. The molecule has 0 aliphatic carbocycles. The lowest BCUT2D eigenvalue weighted by atomic mass is 10.1. The quantitative estimate of drug-likeness (QED) is 0.182. The number of carbonyl (C=O) groups excluding carboxylic acids is 3. The normalized spacial score (nSPS) is 14.4. The summed E-state index contributed by atoms with van der Waals surface area (Å²) in [6.07, 6.45) is 1.36. The van der Waals surface area contributed by atoms with Crippen LogP contribution in [0, 0.1) is 17.0 Å². The lowest BCUT2D eigenvalue weighted by Gasteiger charge is -2.26. The second-order valence-electron chi connectivity index (χ2n) is 8.24. The van der Waals surface area contributed by atoms with E-state index < -0.39 is 22.8 Å². The summed E-state index contributed by atoms with van der Waals surface area (Å²) in [7, 11) is 0. The number of nitrogens with one attached hydrogen (secondary N) is 1. The van der Waals surface area contributed by atoms with Gasteiger partial charge in [0.05, 0.1) is 17.2 Å². The van der Waals surface area contributed by atoms with Crippen molar-refractivity contribution in [3.8, 4) is 11.5 Å². The minimum absolute atomic E-state index is 0.0202. The predicted octanol–water partition coefficient (Wildman–Crippen LogP) is 5.20. The Morgan fingerprint density at radius 2 is 1.74 bits per heavy atom. The number of nitro groups is 1. The zero-order chi connectivity index (χ0) is 27.4. The number of carbonyl (C=O) groups is 3. The van der Waals surface area contributed by atoms with Gasteiger partial charge in [-0.3, -0.25) is 25.0 Å². The number of halogens is 1. The number of ether oxygens (including phenoxy) is 2. The number of anilines is 1. The van der Waals surface area contributed by atoms with Gasteiger partial charge in [0.2, 0.25) is 0 Å². The smallest absolute Gasteiger partial charge is 0.335 e. The summed E-state index contributed by atoms with van der Waals surface area (Å²) in [4.78, 5) is 49.4. The van der Waals surface area contributed by atoms with Gasteiger partial charge in [-0.05, 0) is 73.0 Å². The van der Waals surface area contributed by atoms with Crippen LogP contribution in [0.3, 0.4) is 0 Å². The summed E-state index contributed by atoms with van der Waals surface area (Å²) in [5.74, 6) is -0.857. The number of benzene rings is 3. The first kappa shape index (κ1) is 26.4. The third-order valence-electron chi connectivity index (χ3n) is 5.64. The van der Waals surface area contributed by atoms with E-state index in [-0.39, 0.29) is 23.6 Å². The molecule has 1 aliphatic rings. The van der Waals surface area contributed by atoms with Crippen molar-refractivity contribution in [3.05, 3.63) is 98.1 Å². The molecule has 4 rings (SSSR count). The Balaban J connectivity index is 1.59. The molecule has 1 saturated heterocycles. The van der Waals surface area contributed by atoms with Crippen molar-refractivity contribution in [2.24, 2.45) is 0 Å². The number of rotatable bonds is 8. The largest absolute Gasteiger partial charge is 0.490 e. The molecule has 11 heteroatoms. The van der Waals surface area contributed by atoms with Crippen molar-refractivity contribution >= 4 is 46.9 Å². The first-order valence-corrected chi connectivity index (χ1v) is 11.9. The van der Waals surface area contributed by atoms with Crippen LogP contribution in [0.15, 0.2) is 66.2 Å². The molecule has 3 aromatic rings. The lowest BCUT2D eigenvalue weighted by molar-refractivity contribution is -0.384. The van der Waals surface area contributed by atoms with Gasteiger partial charge in [0.1, 0.15) is 12.2 Å². The third-order valence-corrected chi connectivity index (χ3v) is 6.04. The van der Waals surface area contributed by atoms with Crippen LogP contribution >= 0.6 is 11.6 Å². The molecule has 3 aromatic carbocycles. The van der Waals surface area contributed by atoms with Crippen molar-refractivity contribution < 1.29 is 28.8 Å². The first-order chi connectivity index (χ1) is 18.2. The lowest BCUT2D eigenvalue weighted by Crippen LogP contribution is -2.54. The maximum Gasteiger partial charge on any atom is 0.335 e. The van der Waals surface area contributed by atoms with Crippen molar-refractivity contribution in [3.63, 3.8) is 0 Å². The Bertz CT molecular complexity index is 1470. The molecule has 0 aromatic heterocycles. The third kappa shape index (κ3) is 5.65. The number of nitro benzene ring substituents is 1. The molecule has 0 saturated carbocycles. The van der Waals surface area contributed by atoms with Gasteiger partial charge in [-0.25, -0.2) is 9.69 Å².